The number of amides is 1. The van der Waals surface area contributed by atoms with Crippen molar-refractivity contribution in [3.63, 3.8) is 0 Å². The third-order valence-corrected chi connectivity index (χ3v) is 4.20. The summed E-state index contributed by atoms with van der Waals surface area (Å²) >= 11 is 1.83. The molecular weight excluding hydrogens is 196 g/mol. The molecule has 3 rings (SSSR count). The minimum absolute atomic E-state index is 0.0449. The molecule has 1 aliphatic heterocycles. The molecule has 2 N–H and O–H groups in total. The Morgan fingerprint density at radius 3 is 3.21 bits per heavy atom. The highest BCUT2D eigenvalue weighted by Gasteiger charge is 2.41. The number of hydrogen-bond acceptors (Lipinski definition) is 3. The van der Waals surface area contributed by atoms with Gasteiger partial charge in [-0.3, -0.25) is 10.1 Å². The monoisotopic (exact) mass is 208 g/mol. The lowest BCUT2D eigenvalue weighted by molar-refractivity contribution is -0.122. The van der Waals surface area contributed by atoms with Crippen LogP contribution < -0.4 is 10.6 Å². The number of hydrogen-bond donors (Lipinski definition) is 2. The summed E-state index contributed by atoms with van der Waals surface area (Å²) in [7, 11) is 0. The van der Waals surface area contributed by atoms with Gasteiger partial charge in [-0.2, -0.15) is 0 Å². The van der Waals surface area contributed by atoms with Crippen LogP contribution in [0.2, 0.25) is 0 Å². The average Bonchev–Trinajstić information content (AvgIpc) is 2.75. The lowest BCUT2D eigenvalue weighted by Crippen LogP contribution is -2.58. The summed E-state index contributed by atoms with van der Waals surface area (Å²) in [5.74, 6) is 0.110. The Kier molecular flexibility index (Phi) is 1.69. The van der Waals surface area contributed by atoms with E-state index >= 15 is 0 Å². The van der Waals surface area contributed by atoms with E-state index in [0.717, 1.165) is 19.4 Å². The molecule has 14 heavy (non-hydrogen) atoms. The van der Waals surface area contributed by atoms with E-state index in [9.17, 15) is 4.79 Å². The third kappa shape index (κ3) is 1.04. The molecule has 4 heteroatoms. The van der Waals surface area contributed by atoms with Gasteiger partial charge in [0.15, 0.2) is 0 Å². The van der Waals surface area contributed by atoms with E-state index in [4.69, 9.17) is 0 Å². The number of carbonyl (C=O) groups is 1. The van der Waals surface area contributed by atoms with Crippen molar-refractivity contribution < 1.29 is 4.79 Å². The van der Waals surface area contributed by atoms with Crippen molar-refractivity contribution in [2.45, 2.75) is 18.4 Å². The Balaban J connectivity index is 1.96. The molecule has 1 fully saturated rings. The fraction of sp³-hybridized carbons (Fsp3) is 0.500. The molecule has 2 aliphatic rings. The van der Waals surface area contributed by atoms with Crippen molar-refractivity contribution in [1.82, 2.24) is 10.6 Å². The van der Waals surface area contributed by atoms with Gasteiger partial charge in [0, 0.05) is 11.4 Å². The maximum Gasteiger partial charge on any atom is 0.234 e. The second-order valence-corrected chi connectivity index (χ2v) is 4.97. The predicted molar refractivity (Wildman–Crippen MR) is 55.3 cm³/mol. The summed E-state index contributed by atoms with van der Waals surface area (Å²) in [4.78, 5) is 12.6. The molecule has 1 atom stereocenters. The Hall–Kier alpha value is -0.870. The SMILES string of the molecule is O=C1CNC2(CCc3sccc32)CN1. The summed E-state index contributed by atoms with van der Waals surface area (Å²) in [6, 6.07) is 2.19. The van der Waals surface area contributed by atoms with Crippen LogP contribution in [0.25, 0.3) is 0 Å². The average molecular weight is 208 g/mol. The van der Waals surface area contributed by atoms with Crippen LogP contribution >= 0.6 is 11.3 Å². The topological polar surface area (TPSA) is 41.1 Å². The maximum atomic E-state index is 11.1. The normalized spacial score (nSPS) is 30.4. The van der Waals surface area contributed by atoms with Crippen molar-refractivity contribution in [1.29, 1.82) is 0 Å². The number of fused-ring (bicyclic) bond motifs is 2. The fourth-order valence-corrected chi connectivity index (χ4v) is 3.39. The van der Waals surface area contributed by atoms with E-state index in [1.807, 2.05) is 11.3 Å². The zero-order valence-corrected chi connectivity index (χ0v) is 8.62. The lowest BCUT2D eigenvalue weighted by atomic mass is 9.91. The van der Waals surface area contributed by atoms with Crippen molar-refractivity contribution >= 4 is 17.2 Å². The van der Waals surface area contributed by atoms with E-state index in [0.29, 0.717) is 6.54 Å². The van der Waals surface area contributed by atoms with E-state index < -0.39 is 0 Å². The van der Waals surface area contributed by atoms with Crippen LogP contribution in [0.15, 0.2) is 11.4 Å². The number of carbonyl (C=O) groups excluding carboxylic acids is 1. The second kappa shape index (κ2) is 2.81. The van der Waals surface area contributed by atoms with Gasteiger partial charge in [0.25, 0.3) is 0 Å². The van der Waals surface area contributed by atoms with Crippen LogP contribution in [0, 0.1) is 0 Å². The van der Waals surface area contributed by atoms with Gasteiger partial charge in [-0.05, 0) is 29.9 Å². The molecule has 74 valence electrons. The Morgan fingerprint density at radius 2 is 2.43 bits per heavy atom. The lowest BCUT2D eigenvalue weighted by Gasteiger charge is -2.35. The quantitative estimate of drug-likeness (QED) is 0.656. The molecule has 1 unspecified atom stereocenters. The minimum atomic E-state index is 0.0449. The van der Waals surface area contributed by atoms with Crippen LogP contribution in [0.3, 0.4) is 0 Å². The molecule has 2 heterocycles. The number of rotatable bonds is 0. The second-order valence-electron chi connectivity index (χ2n) is 3.97. The molecule has 3 nitrogen and oxygen atoms in total. The summed E-state index contributed by atoms with van der Waals surface area (Å²) in [6.07, 6.45) is 2.27. The molecule has 0 radical (unpaired) electrons. The van der Waals surface area contributed by atoms with Crippen LogP contribution in [0.5, 0.6) is 0 Å². The van der Waals surface area contributed by atoms with Crippen LogP contribution in [-0.2, 0) is 16.8 Å². The molecule has 0 bridgehead atoms. The molecular formula is C10H12N2OS. The van der Waals surface area contributed by atoms with Crippen molar-refractivity contribution in [3.8, 4) is 0 Å². The molecule has 1 aromatic rings. The van der Waals surface area contributed by atoms with Crippen LogP contribution in [-0.4, -0.2) is 19.0 Å². The van der Waals surface area contributed by atoms with Gasteiger partial charge < -0.3 is 5.32 Å². The highest BCUT2D eigenvalue weighted by atomic mass is 32.1. The van der Waals surface area contributed by atoms with Crippen LogP contribution in [0.1, 0.15) is 16.9 Å². The van der Waals surface area contributed by atoms with Crippen molar-refractivity contribution in [3.05, 3.63) is 21.9 Å². The maximum absolute atomic E-state index is 11.1. The first-order valence-corrected chi connectivity index (χ1v) is 5.77. The summed E-state index contributed by atoms with van der Waals surface area (Å²) < 4.78 is 0. The smallest absolute Gasteiger partial charge is 0.234 e. The zero-order valence-electron chi connectivity index (χ0n) is 7.80. The highest BCUT2D eigenvalue weighted by molar-refractivity contribution is 7.10. The Labute approximate surface area is 86.5 Å². The van der Waals surface area contributed by atoms with Gasteiger partial charge in [0.2, 0.25) is 5.91 Å². The largest absolute Gasteiger partial charge is 0.353 e. The van der Waals surface area contributed by atoms with Crippen molar-refractivity contribution in [2.24, 2.45) is 0 Å². The Bertz CT molecular complexity index is 375. The summed E-state index contributed by atoms with van der Waals surface area (Å²) in [5.41, 5.74) is 1.45. The first kappa shape index (κ1) is 8.44. The number of aryl methyl sites for hydroxylation is 1. The van der Waals surface area contributed by atoms with Gasteiger partial charge in [-0.25, -0.2) is 0 Å². The van der Waals surface area contributed by atoms with Crippen LogP contribution in [0.4, 0.5) is 0 Å². The number of piperazine rings is 1. The first-order chi connectivity index (χ1) is 6.80. The van der Waals surface area contributed by atoms with E-state index in [1.54, 1.807) is 0 Å². The van der Waals surface area contributed by atoms with Gasteiger partial charge in [-0.15, -0.1) is 11.3 Å². The van der Waals surface area contributed by atoms with Crippen molar-refractivity contribution in [2.75, 3.05) is 13.1 Å². The highest BCUT2D eigenvalue weighted by Crippen LogP contribution is 2.40. The summed E-state index contributed by atoms with van der Waals surface area (Å²) in [6.45, 7) is 1.20. The number of thiophene rings is 1. The molecule has 0 aromatic carbocycles. The van der Waals surface area contributed by atoms with Gasteiger partial charge in [-0.1, -0.05) is 0 Å². The van der Waals surface area contributed by atoms with Gasteiger partial charge >= 0.3 is 0 Å². The molecule has 1 aromatic heterocycles. The predicted octanol–water partition coefficient (Wildman–Crippen LogP) is 0.609. The Morgan fingerprint density at radius 1 is 1.50 bits per heavy atom. The summed E-state index contributed by atoms with van der Waals surface area (Å²) in [5, 5.41) is 8.47. The van der Waals surface area contributed by atoms with E-state index in [-0.39, 0.29) is 11.4 Å². The van der Waals surface area contributed by atoms with E-state index in [1.165, 1.54) is 10.4 Å². The molecule has 1 spiro atoms. The zero-order chi connectivity index (χ0) is 9.60. The third-order valence-electron chi connectivity index (χ3n) is 3.21. The molecule has 1 aliphatic carbocycles. The minimum Gasteiger partial charge on any atom is -0.353 e. The first-order valence-electron chi connectivity index (χ1n) is 4.89. The molecule has 1 saturated heterocycles. The molecule has 0 saturated carbocycles. The van der Waals surface area contributed by atoms with Gasteiger partial charge in [0.1, 0.15) is 0 Å². The number of nitrogens with one attached hydrogen (secondary N) is 2. The molecule has 1 amide bonds. The van der Waals surface area contributed by atoms with E-state index in [2.05, 4.69) is 22.1 Å². The fourth-order valence-electron chi connectivity index (χ4n) is 2.41. The van der Waals surface area contributed by atoms with Gasteiger partial charge in [0.05, 0.1) is 12.1 Å². The standard InChI is InChI=1S/C10H12N2OS/c13-9-5-12-10(6-11-9)3-1-8-7(10)2-4-14-8/h2,4,12H,1,3,5-6H2,(H,11,13).